The second-order valence-corrected chi connectivity index (χ2v) is 5.89. The molecule has 0 aromatic carbocycles. The first-order chi connectivity index (χ1) is 11.2. The van der Waals surface area contributed by atoms with Crippen LogP contribution in [0.5, 0.6) is 0 Å². The Balaban J connectivity index is 2.04. The largest absolute Gasteiger partial charge is 0.393 e. The van der Waals surface area contributed by atoms with Crippen molar-refractivity contribution in [3.8, 4) is 0 Å². The Bertz CT molecular complexity index is 619. The number of anilines is 1. The van der Waals surface area contributed by atoms with Gasteiger partial charge in [-0.05, 0) is 25.0 Å². The molecule has 2 rings (SSSR count). The molecule has 1 aliphatic heterocycles. The number of likely N-dealkylation sites (tertiary alicyclic amines) is 1. The van der Waals surface area contributed by atoms with Crippen LogP contribution in [0.15, 0.2) is 18.3 Å². The van der Waals surface area contributed by atoms with E-state index in [-0.39, 0.29) is 31.1 Å². The topological polar surface area (TPSA) is 65.5 Å². The van der Waals surface area contributed by atoms with Crippen molar-refractivity contribution in [1.82, 2.24) is 14.8 Å². The molecule has 0 bridgehead atoms. The monoisotopic (exact) mass is 344 g/mol. The van der Waals surface area contributed by atoms with E-state index in [1.165, 1.54) is 23.2 Å². The van der Waals surface area contributed by atoms with Gasteiger partial charge in [-0.1, -0.05) is 0 Å². The normalized spacial score (nSPS) is 18.2. The van der Waals surface area contributed by atoms with Gasteiger partial charge in [0.15, 0.2) is 0 Å². The molecule has 1 fully saturated rings. The Hall–Kier alpha value is -2.32. The summed E-state index contributed by atoms with van der Waals surface area (Å²) in [7, 11) is 3.14. The molecule has 6 nitrogen and oxygen atoms in total. The van der Waals surface area contributed by atoms with E-state index in [0.29, 0.717) is 12.1 Å². The van der Waals surface area contributed by atoms with Gasteiger partial charge in [-0.25, -0.2) is 4.79 Å². The highest BCUT2D eigenvalue weighted by atomic mass is 19.4. The van der Waals surface area contributed by atoms with E-state index in [2.05, 4.69) is 10.3 Å². The number of piperidine rings is 1. The van der Waals surface area contributed by atoms with Crippen molar-refractivity contribution >= 4 is 17.6 Å². The Morgan fingerprint density at radius 1 is 1.38 bits per heavy atom. The molecule has 0 spiro atoms. The van der Waals surface area contributed by atoms with E-state index in [0.717, 1.165) is 4.90 Å². The van der Waals surface area contributed by atoms with Gasteiger partial charge in [-0.3, -0.25) is 9.78 Å². The lowest BCUT2D eigenvalue weighted by Crippen LogP contribution is -2.46. The van der Waals surface area contributed by atoms with Crippen molar-refractivity contribution in [3.63, 3.8) is 0 Å². The molecule has 1 saturated heterocycles. The van der Waals surface area contributed by atoms with Crippen molar-refractivity contribution in [2.24, 2.45) is 5.92 Å². The molecule has 0 unspecified atom stereocenters. The standard InChI is InChI=1S/C15H19F3N4O2/c1-21(2)13(23)12-8-11(5-6-19-12)20-14(24)22-7-3-4-10(9-22)15(16,17)18/h5-6,8,10H,3-4,7,9H2,1-2H3,(H,19,20,24)/t10-/m1/s1. The summed E-state index contributed by atoms with van der Waals surface area (Å²) in [5, 5.41) is 2.53. The first-order valence-corrected chi connectivity index (χ1v) is 7.49. The van der Waals surface area contributed by atoms with Gasteiger partial charge < -0.3 is 15.1 Å². The first-order valence-electron chi connectivity index (χ1n) is 7.49. The molecule has 0 saturated carbocycles. The van der Waals surface area contributed by atoms with Crippen molar-refractivity contribution in [2.45, 2.75) is 19.0 Å². The van der Waals surface area contributed by atoms with E-state index in [1.54, 1.807) is 14.1 Å². The number of urea groups is 1. The highest BCUT2D eigenvalue weighted by molar-refractivity contribution is 5.95. The molecule has 0 radical (unpaired) electrons. The quantitative estimate of drug-likeness (QED) is 0.897. The highest BCUT2D eigenvalue weighted by Gasteiger charge is 2.42. The summed E-state index contributed by atoms with van der Waals surface area (Å²) in [6.07, 6.45) is -2.61. The van der Waals surface area contributed by atoms with Gasteiger partial charge in [0.1, 0.15) is 5.69 Å². The Kier molecular flexibility index (Phi) is 5.30. The first kappa shape index (κ1) is 18.0. The maximum Gasteiger partial charge on any atom is 0.393 e. The predicted octanol–water partition coefficient (Wildman–Crippen LogP) is 2.59. The zero-order valence-corrected chi connectivity index (χ0v) is 13.4. The van der Waals surface area contributed by atoms with Crippen LogP contribution in [0.4, 0.5) is 23.7 Å². The fourth-order valence-electron chi connectivity index (χ4n) is 2.49. The molecule has 132 valence electrons. The SMILES string of the molecule is CN(C)C(=O)c1cc(NC(=O)N2CCC[C@@H](C(F)(F)F)C2)ccn1. The van der Waals surface area contributed by atoms with Crippen LogP contribution in [-0.4, -0.2) is 60.1 Å². The maximum absolute atomic E-state index is 12.8. The smallest absolute Gasteiger partial charge is 0.343 e. The predicted molar refractivity (Wildman–Crippen MR) is 81.6 cm³/mol. The fourth-order valence-corrected chi connectivity index (χ4v) is 2.49. The molecule has 24 heavy (non-hydrogen) atoms. The zero-order chi connectivity index (χ0) is 17.9. The summed E-state index contributed by atoms with van der Waals surface area (Å²) in [4.78, 5) is 30.4. The number of alkyl halides is 3. The summed E-state index contributed by atoms with van der Waals surface area (Å²) in [6, 6.07) is 2.26. The third-order valence-electron chi connectivity index (χ3n) is 3.81. The number of halogens is 3. The zero-order valence-electron chi connectivity index (χ0n) is 13.4. The number of nitrogens with zero attached hydrogens (tertiary/aromatic N) is 3. The molecular formula is C15H19F3N4O2. The van der Waals surface area contributed by atoms with Crippen molar-refractivity contribution in [2.75, 3.05) is 32.5 Å². The van der Waals surface area contributed by atoms with Crippen LogP contribution in [0.3, 0.4) is 0 Å². The fraction of sp³-hybridized carbons (Fsp3) is 0.533. The number of rotatable bonds is 2. The van der Waals surface area contributed by atoms with Gasteiger partial charge >= 0.3 is 12.2 Å². The highest BCUT2D eigenvalue weighted by Crippen LogP contribution is 2.33. The average molecular weight is 344 g/mol. The van der Waals surface area contributed by atoms with Gasteiger partial charge in [-0.15, -0.1) is 0 Å². The molecule has 0 aliphatic carbocycles. The second kappa shape index (κ2) is 7.06. The number of aromatic nitrogens is 1. The summed E-state index contributed by atoms with van der Waals surface area (Å²) < 4.78 is 38.4. The van der Waals surface area contributed by atoms with E-state index in [9.17, 15) is 22.8 Å². The van der Waals surface area contributed by atoms with Gasteiger partial charge in [0.2, 0.25) is 0 Å². The Morgan fingerprint density at radius 3 is 2.71 bits per heavy atom. The van der Waals surface area contributed by atoms with Gasteiger partial charge in [-0.2, -0.15) is 13.2 Å². The molecule has 2 heterocycles. The average Bonchev–Trinajstić information content (AvgIpc) is 2.53. The molecule has 3 amide bonds. The van der Waals surface area contributed by atoms with Crippen LogP contribution in [0.25, 0.3) is 0 Å². The number of nitrogens with one attached hydrogen (secondary N) is 1. The van der Waals surface area contributed by atoms with Crippen molar-refractivity contribution < 1.29 is 22.8 Å². The minimum Gasteiger partial charge on any atom is -0.343 e. The van der Waals surface area contributed by atoms with E-state index >= 15 is 0 Å². The van der Waals surface area contributed by atoms with Crippen LogP contribution in [0, 0.1) is 5.92 Å². The van der Waals surface area contributed by atoms with E-state index in [4.69, 9.17) is 0 Å². The van der Waals surface area contributed by atoms with Crippen molar-refractivity contribution in [3.05, 3.63) is 24.0 Å². The third kappa shape index (κ3) is 4.36. The minimum absolute atomic E-state index is 0.0318. The van der Waals surface area contributed by atoms with Crippen LogP contribution in [0.1, 0.15) is 23.3 Å². The Morgan fingerprint density at radius 2 is 2.08 bits per heavy atom. The summed E-state index contributed by atoms with van der Waals surface area (Å²) in [6.45, 7) is -0.0864. The lowest BCUT2D eigenvalue weighted by atomic mass is 9.98. The molecule has 1 N–H and O–H groups in total. The molecule has 1 atom stereocenters. The number of pyridine rings is 1. The van der Waals surface area contributed by atoms with Crippen LogP contribution in [0.2, 0.25) is 0 Å². The number of carbonyl (C=O) groups is 2. The molecular weight excluding hydrogens is 325 g/mol. The second-order valence-electron chi connectivity index (χ2n) is 5.89. The van der Waals surface area contributed by atoms with Gasteiger partial charge in [0.25, 0.3) is 5.91 Å². The van der Waals surface area contributed by atoms with Gasteiger partial charge in [0, 0.05) is 39.1 Å². The number of hydrogen-bond acceptors (Lipinski definition) is 3. The summed E-state index contributed by atoms with van der Waals surface area (Å²) in [5.41, 5.74) is 0.457. The van der Waals surface area contributed by atoms with E-state index in [1.807, 2.05) is 0 Å². The summed E-state index contributed by atoms with van der Waals surface area (Å²) >= 11 is 0. The van der Waals surface area contributed by atoms with Gasteiger partial charge in [0.05, 0.1) is 5.92 Å². The third-order valence-corrected chi connectivity index (χ3v) is 3.81. The number of carbonyl (C=O) groups excluding carboxylic acids is 2. The Labute approximate surface area is 137 Å². The number of amides is 3. The number of hydrogen-bond donors (Lipinski definition) is 1. The van der Waals surface area contributed by atoms with Crippen LogP contribution >= 0.6 is 0 Å². The molecule has 1 aromatic rings. The molecule has 9 heteroatoms. The van der Waals surface area contributed by atoms with Crippen LogP contribution < -0.4 is 5.32 Å². The molecule has 1 aliphatic rings. The summed E-state index contributed by atoms with van der Waals surface area (Å²) in [5.74, 6) is -1.83. The van der Waals surface area contributed by atoms with E-state index < -0.39 is 18.1 Å². The lowest BCUT2D eigenvalue weighted by molar-refractivity contribution is -0.183. The minimum atomic E-state index is -4.30. The lowest BCUT2D eigenvalue weighted by Gasteiger charge is -2.33. The molecule has 1 aromatic heterocycles. The maximum atomic E-state index is 12.8. The van der Waals surface area contributed by atoms with Crippen LogP contribution in [-0.2, 0) is 0 Å². The van der Waals surface area contributed by atoms with Crippen molar-refractivity contribution in [1.29, 1.82) is 0 Å².